The highest BCUT2D eigenvalue weighted by Crippen LogP contribution is 2.29. The molecule has 0 aliphatic heterocycles. The normalized spacial score (nSPS) is 13.0. The van der Waals surface area contributed by atoms with Crippen molar-refractivity contribution in [2.24, 2.45) is 5.92 Å². The van der Waals surface area contributed by atoms with Gasteiger partial charge in [0.1, 0.15) is 4.83 Å². The number of hydrogen-bond donors (Lipinski definition) is 1. The molecule has 5 nitrogen and oxygen atoms in total. The average molecular weight is 382 g/mol. The van der Waals surface area contributed by atoms with Gasteiger partial charge in [-0.1, -0.05) is 25.6 Å². The van der Waals surface area contributed by atoms with Gasteiger partial charge in [-0.05, 0) is 46.1 Å². The van der Waals surface area contributed by atoms with Crippen LogP contribution in [0, 0.1) is 19.8 Å². The maximum atomic E-state index is 13.0. The Bertz CT molecular complexity index is 837. The molecule has 1 atom stereocenters. The van der Waals surface area contributed by atoms with Gasteiger partial charge in [0, 0.05) is 17.0 Å². The Hall–Kier alpha value is -1.34. The Labute approximate surface area is 157 Å². The van der Waals surface area contributed by atoms with Crippen molar-refractivity contribution in [3.63, 3.8) is 0 Å². The minimum Gasteiger partial charge on any atom is -0.353 e. The molecule has 0 aliphatic carbocycles. The summed E-state index contributed by atoms with van der Waals surface area (Å²) in [6, 6.07) is 0.114. The molecule has 0 spiro atoms. The zero-order valence-corrected chi connectivity index (χ0v) is 17.6. The number of nitrogens with zero attached hydrogens (tertiary/aromatic N) is 2. The fourth-order valence-corrected chi connectivity index (χ4v) is 4.45. The van der Waals surface area contributed by atoms with Gasteiger partial charge in [0.05, 0.1) is 11.1 Å². The Balaban J connectivity index is 2.33. The summed E-state index contributed by atoms with van der Waals surface area (Å²) in [7, 11) is 0. The first-order valence-corrected chi connectivity index (χ1v) is 10.4. The fourth-order valence-electron chi connectivity index (χ4n) is 2.44. The first-order chi connectivity index (χ1) is 11.6. The van der Waals surface area contributed by atoms with Crippen molar-refractivity contribution in [3.05, 3.63) is 20.8 Å². The molecule has 0 radical (unpaired) electrons. The zero-order valence-electron chi connectivity index (χ0n) is 16.0. The van der Waals surface area contributed by atoms with Crippen molar-refractivity contribution in [3.8, 4) is 0 Å². The molecule has 0 aromatic carbocycles. The van der Waals surface area contributed by atoms with E-state index in [2.05, 4.69) is 24.1 Å². The van der Waals surface area contributed by atoms with Crippen LogP contribution in [-0.4, -0.2) is 27.3 Å². The second-order valence-corrected chi connectivity index (χ2v) is 9.16. The molecule has 0 bridgehead atoms. The van der Waals surface area contributed by atoms with Crippen molar-refractivity contribution < 1.29 is 4.79 Å². The lowest BCUT2D eigenvalue weighted by Crippen LogP contribution is -2.37. The number of rotatable bonds is 6. The molecule has 138 valence electrons. The van der Waals surface area contributed by atoms with Gasteiger partial charge in [-0.2, -0.15) is 0 Å². The van der Waals surface area contributed by atoms with E-state index in [1.807, 2.05) is 34.6 Å². The quantitative estimate of drug-likeness (QED) is 0.609. The lowest BCUT2D eigenvalue weighted by molar-refractivity contribution is -0.119. The molecule has 0 aliphatic rings. The number of aryl methyl sites for hydroxylation is 2. The van der Waals surface area contributed by atoms with Crippen LogP contribution >= 0.6 is 23.1 Å². The molecule has 2 aromatic rings. The molecule has 1 N–H and O–H groups in total. The Morgan fingerprint density at radius 1 is 1.24 bits per heavy atom. The summed E-state index contributed by atoms with van der Waals surface area (Å²) in [6.45, 7) is 14.1. The Kier molecular flexibility index (Phi) is 6.32. The minimum atomic E-state index is -0.0330. The molecule has 0 saturated carbocycles. The van der Waals surface area contributed by atoms with Crippen LogP contribution in [0.1, 0.15) is 51.1 Å². The molecular weight excluding hydrogens is 354 g/mol. The van der Waals surface area contributed by atoms with Crippen molar-refractivity contribution in [2.45, 2.75) is 65.7 Å². The van der Waals surface area contributed by atoms with Crippen LogP contribution in [0.5, 0.6) is 0 Å². The smallest absolute Gasteiger partial charge is 0.263 e. The third kappa shape index (κ3) is 4.26. The number of hydrogen-bond acceptors (Lipinski definition) is 5. The molecule has 2 heterocycles. The largest absolute Gasteiger partial charge is 0.353 e. The summed E-state index contributed by atoms with van der Waals surface area (Å²) in [5.41, 5.74) is 0.993. The minimum absolute atomic E-state index is 0.0100. The third-order valence-electron chi connectivity index (χ3n) is 4.44. The van der Waals surface area contributed by atoms with Crippen LogP contribution in [0.15, 0.2) is 9.95 Å². The average Bonchev–Trinajstić information content (AvgIpc) is 2.79. The summed E-state index contributed by atoms with van der Waals surface area (Å²) in [5.74, 6) is 0.606. The van der Waals surface area contributed by atoms with Gasteiger partial charge in [-0.15, -0.1) is 11.3 Å². The molecule has 1 unspecified atom stereocenters. The van der Waals surface area contributed by atoms with Gasteiger partial charge < -0.3 is 5.32 Å². The lowest BCUT2D eigenvalue weighted by atomic mass is 10.1. The number of fused-ring (bicyclic) bond motifs is 1. The number of thiophene rings is 1. The van der Waals surface area contributed by atoms with Crippen molar-refractivity contribution in [2.75, 3.05) is 5.75 Å². The molecule has 2 rings (SSSR count). The van der Waals surface area contributed by atoms with Gasteiger partial charge in [-0.3, -0.25) is 14.2 Å². The predicted octanol–water partition coefficient (Wildman–Crippen LogP) is 3.91. The van der Waals surface area contributed by atoms with Crippen LogP contribution in [0.25, 0.3) is 10.2 Å². The van der Waals surface area contributed by atoms with Crippen LogP contribution in [0.3, 0.4) is 0 Å². The molecule has 1 amide bonds. The van der Waals surface area contributed by atoms with Crippen LogP contribution in [0.2, 0.25) is 0 Å². The number of carbonyl (C=O) groups is 1. The van der Waals surface area contributed by atoms with E-state index in [0.29, 0.717) is 16.5 Å². The lowest BCUT2D eigenvalue weighted by Gasteiger charge is -2.18. The fraction of sp³-hybridized carbons (Fsp3) is 0.611. The molecule has 2 aromatic heterocycles. The third-order valence-corrected chi connectivity index (χ3v) is 6.49. The van der Waals surface area contributed by atoms with Gasteiger partial charge in [0.25, 0.3) is 5.56 Å². The first kappa shape index (κ1) is 20.0. The van der Waals surface area contributed by atoms with E-state index in [1.165, 1.54) is 23.1 Å². The zero-order chi connectivity index (χ0) is 18.9. The van der Waals surface area contributed by atoms with Crippen molar-refractivity contribution in [1.29, 1.82) is 0 Å². The van der Waals surface area contributed by atoms with E-state index in [-0.39, 0.29) is 29.3 Å². The second-order valence-electron chi connectivity index (χ2n) is 7.02. The van der Waals surface area contributed by atoms with E-state index >= 15 is 0 Å². The summed E-state index contributed by atoms with van der Waals surface area (Å²) in [4.78, 5) is 31.7. The summed E-state index contributed by atoms with van der Waals surface area (Å²) in [5, 5.41) is 4.31. The van der Waals surface area contributed by atoms with Crippen LogP contribution < -0.4 is 10.9 Å². The standard InChI is InChI=1S/C18H27N3O2S2/c1-9(2)12(6)19-14(22)8-24-18-20-16-15(11(5)13(7)25-16)17(23)21(18)10(3)4/h9-10,12H,8H2,1-7H3,(H,19,22). The van der Waals surface area contributed by atoms with Crippen molar-refractivity contribution >= 4 is 39.2 Å². The topological polar surface area (TPSA) is 64.0 Å². The second kappa shape index (κ2) is 7.91. The molecule has 0 saturated heterocycles. The van der Waals surface area contributed by atoms with Gasteiger partial charge in [0.2, 0.25) is 5.91 Å². The maximum Gasteiger partial charge on any atom is 0.263 e. The summed E-state index contributed by atoms with van der Waals surface area (Å²) < 4.78 is 1.70. The Morgan fingerprint density at radius 2 is 1.88 bits per heavy atom. The maximum absolute atomic E-state index is 13.0. The molecule has 0 fully saturated rings. The number of nitrogens with one attached hydrogen (secondary N) is 1. The highest BCUT2D eigenvalue weighted by molar-refractivity contribution is 7.99. The summed E-state index contributed by atoms with van der Waals surface area (Å²) in [6.07, 6.45) is 0. The monoisotopic (exact) mass is 381 g/mol. The predicted molar refractivity (Wildman–Crippen MR) is 107 cm³/mol. The van der Waals surface area contributed by atoms with Crippen LogP contribution in [0.4, 0.5) is 0 Å². The van der Waals surface area contributed by atoms with E-state index < -0.39 is 0 Å². The molecule has 7 heteroatoms. The SMILES string of the molecule is Cc1sc2nc(SCC(=O)NC(C)C(C)C)n(C(C)C)c(=O)c2c1C. The van der Waals surface area contributed by atoms with E-state index in [0.717, 1.165) is 15.3 Å². The highest BCUT2D eigenvalue weighted by atomic mass is 32.2. The molecular formula is C18H27N3O2S2. The first-order valence-electron chi connectivity index (χ1n) is 8.57. The van der Waals surface area contributed by atoms with Gasteiger partial charge in [0.15, 0.2) is 5.16 Å². The van der Waals surface area contributed by atoms with Crippen LogP contribution in [-0.2, 0) is 4.79 Å². The number of carbonyl (C=O) groups excluding carboxylic acids is 1. The van der Waals surface area contributed by atoms with Crippen molar-refractivity contribution in [1.82, 2.24) is 14.9 Å². The number of amides is 1. The van der Waals surface area contributed by atoms with Gasteiger partial charge in [-0.25, -0.2) is 4.98 Å². The van der Waals surface area contributed by atoms with E-state index in [9.17, 15) is 9.59 Å². The molecule has 25 heavy (non-hydrogen) atoms. The summed E-state index contributed by atoms with van der Waals surface area (Å²) >= 11 is 2.87. The number of aromatic nitrogens is 2. The van der Waals surface area contributed by atoms with Gasteiger partial charge >= 0.3 is 0 Å². The Morgan fingerprint density at radius 3 is 2.44 bits per heavy atom. The highest BCUT2D eigenvalue weighted by Gasteiger charge is 2.19. The number of thioether (sulfide) groups is 1. The van der Waals surface area contributed by atoms with E-state index in [4.69, 9.17) is 0 Å². The van der Waals surface area contributed by atoms with E-state index in [1.54, 1.807) is 4.57 Å².